The van der Waals surface area contributed by atoms with Gasteiger partial charge in [0.2, 0.25) is 0 Å². The van der Waals surface area contributed by atoms with Gasteiger partial charge in [-0.25, -0.2) is 0 Å². The van der Waals surface area contributed by atoms with Crippen LogP contribution in [0.1, 0.15) is 79.7 Å². The van der Waals surface area contributed by atoms with E-state index in [0.29, 0.717) is 12.0 Å². The van der Waals surface area contributed by atoms with E-state index < -0.39 is 47.4 Å². The molecule has 0 aromatic heterocycles. The Bertz CT molecular complexity index is 1410. The predicted octanol–water partition coefficient (Wildman–Crippen LogP) is 5.44. The summed E-state index contributed by atoms with van der Waals surface area (Å²) in [6, 6.07) is 9.91. The number of hydrogen-bond acceptors (Lipinski definition) is 10. The van der Waals surface area contributed by atoms with Gasteiger partial charge < -0.3 is 33.9 Å². The van der Waals surface area contributed by atoms with Gasteiger partial charge in [0.25, 0.3) is 0 Å². The molecule has 0 bridgehead atoms. The van der Waals surface area contributed by atoms with Gasteiger partial charge in [0, 0.05) is 31.8 Å². The van der Waals surface area contributed by atoms with E-state index >= 15 is 0 Å². The molecule has 1 aromatic rings. The summed E-state index contributed by atoms with van der Waals surface area (Å²) in [6.07, 6.45) is 7.31. The number of epoxide rings is 1. The minimum Gasteiger partial charge on any atom is -0.457 e. The van der Waals surface area contributed by atoms with Gasteiger partial charge >= 0.3 is 17.9 Å². The van der Waals surface area contributed by atoms with Crippen molar-refractivity contribution >= 4 is 17.9 Å². The quantitative estimate of drug-likeness (QED) is 0.101. The number of methoxy groups -OCH3 is 1. The van der Waals surface area contributed by atoms with Crippen LogP contribution in [0.4, 0.5) is 0 Å². The number of aliphatic hydroxyl groups is 2. The Morgan fingerprint density at radius 3 is 2.48 bits per heavy atom. The molecule has 4 rings (SSSR count). The third-order valence-electron chi connectivity index (χ3n) is 10.6. The summed E-state index contributed by atoms with van der Waals surface area (Å²) >= 11 is 0. The van der Waals surface area contributed by atoms with Crippen LogP contribution in [0.2, 0.25) is 0 Å². The van der Waals surface area contributed by atoms with Gasteiger partial charge in [-0.3, -0.25) is 14.4 Å². The number of carbonyl (C=O) groups is 3. The molecular formula is C40H56O10. The van der Waals surface area contributed by atoms with Crippen molar-refractivity contribution in [3.63, 3.8) is 0 Å². The number of hydrogen-bond donors (Lipinski definition) is 2. The van der Waals surface area contributed by atoms with E-state index in [4.69, 9.17) is 23.7 Å². The van der Waals surface area contributed by atoms with Crippen molar-refractivity contribution in [1.82, 2.24) is 0 Å². The van der Waals surface area contributed by atoms with Crippen molar-refractivity contribution < 1.29 is 48.3 Å². The number of rotatable bonds is 11. The van der Waals surface area contributed by atoms with Crippen LogP contribution in [-0.2, 0) is 44.5 Å². The highest BCUT2D eigenvalue weighted by Gasteiger charge is 2.63. The van der Waals surface area contributed by atoms with Gasteiger partial charge in [0.1, 0.15) is 23.4 Å². The van der Waals surface area contributed by atoms with Gasteiger partial charge in [0.15, 0.2) is 0 Å². The lowest BCUT2D eigenvalue weighted by atomic mass is 9.74. The maximum absolute atomic E-state index is 13.5. The van der Waals surface area contributed by atoms with Crippen LogP contribution >= 0.6 is 0 Å². The lowest BCUT2D eigenvalue weighted by Gasteiger charge is -2.32. The van der Waals surface area contributed by atoms with Gasteiger partial charge in [-0.2, -0.15) is 0 Å². The first-order valence-corrected chi connectivity index (χ1v) is 17.9. The van der Waals surface area contributed by atoms with E-state index in [-0.39, 0.29) is 61.3 Å². The molecule has 0 saturated carbocycles. The van der Waals surface area contributed by atoms with Crippen LogP contribution in [0.15, 0.2) is 66.3 Å². The SMILES string of the molecule is CC[C@H](OC)[C@@H](C)[C@H]1O[C@@H]1C1C(Cc2ccccc2)C(=O)OC1(C)/C=C/C=C(\C)C1OC(=O)C[C@H](O)CC[C@@](C)(O)[C@@H](OC(C)=O)/C=C/[C@@H]1C. The second-order valence-electron chi connectivity index (χ2n) is 14.7. The molecule has 2 fully saturated rings. The first kappa shape index (κ1) is 39.5. The average molecular weight is 697 g/mol. The molecule has 12 atom stereocenters. The van der Waals surface area contributed by atoms with Crippen LogP contribution < -0.4 is 0 Å². The molecular weight excluding hydrogens is 640 g/mol. The maximum atomic E-state index is 13.5. The Morgan fingerprint density at radius 2 is 1.84 bits per heavy atom. The number of allylic oxidation sites excluding steroid dienone is 2. The molecule has 4 unspecified atom stereocenters. The Balaban J connectivity index is 1.62. The van der Waals surface area contributed by atoms with Crippen molar-refractivity contribution in [2.45, 2.75) is 128 Å². The molecule has 2 saturated heterocycles. The second kappa shape index (κ2) is 16.8. The lowest BCUT2D eigenvalue weighted by molar-refractivity contribution is -0.157. The Hall–Kier alpha value is -3.31. The van der Waals surface area contributed by atoms with Crippen LogP contribution in [-0.4, -0.2) is 83.1 Å². The summed E-state index contributed by atoms with van der Waals surface area (Å²) < 4.78 is 29.6. The molecule has 0 spiro atoms. The van der Waals surface area contributed by atoms with Gasteiger partial charge in [-0.1, -0.05) is 69.3 Å². The molecule has 3 aliphatic rings. The molecule has 10 heteroatoms. The normalized spacial score (nSPS) is 37.2. The molecule has 0 radical (unpaired) electrons. The monoisotopic (exact) mass is 696 g/mol. The van der Waals surface area contributed by atoms with E-state index in [1.54, 1.807) is 26.2 Å². The highest BCUT2D eigenvalue weighted by Crippen LogP contribution is 2.51. The summed E-state index contributed by atoms with van der Waals surface area (Å²) in [5.74, 6) is -2.29. The molecule has 3 heterocycles. The summed E-state index contributed by atoms with van der Waals surface area (Å²) in [5.41, 5.74) is -0.671. The van der Waals surface area contributed by atoms with Gasteiger partial charge in [-0.15, -0.1) is 0 Å². The number of ether oxygens (including phenoxy) is 5. The van der Waals surface area contributed by atoms with E-state index in [2.05, 4.69) is 13.8 Å². The number of carbonyl (C=O) groups excluding carboxylic acids is 3. The maximum Gasteiger partial charge on any atom is 0.310 e. The van der Waals surface area contributed by atoms with Crippen molar-refractivity contribution in [2.24, 2.45) is 23.7 Å². The Kier molecular flexibility index (Phi) is 13.3. The smallest absolute Gasteiger partial charge is 0.310 e. The van der Waals surface area contributed by atoms with Crippen molar-refractivity contribution in [2.75, 3.05) is 7.11 Å². The first-order chi connectivity index (χ1) is 23.6. The zero-order valence-electron chi connectivity index (χ0n) is 30.7. The molecule has 10 nitrogen and oxygen atoms in total. The average Bonchev–Trinajstić information content (AvgIpc) is 3.80. The third-order valence-corrected chi connectivity index (χ3v) is 10.6. The van der Waals surface area contributed by atoms with Crippen LogP contribution in [0.25, 0.3) is 0 Å². The number of benzene rings is 1. The predicted molar refractivity (Wildman–Crippen MR) is 188 cm³/mol. The topological polar surface area (TPSA) is 141 Å². The van der Waals surface area contributed by atoms with Crippen LogP contribution in [0, 0.1) is 23.7 Å². The van der Waals surface area contributed by atoms with Crippen molar-refractivity contribution in [1.29, 1.82) is 0 Å². The third kappa shape index (κ3) is 9.72. The molecule has 0 amide bonds. The zero-order valence-corrected chi connectivity index (χ0v) is 30.7. The van der Waals surface area contributed by atoms with Crippen LogP contribution in [0.5, 0.6) is 0 Å². The Morgan fingerprint density at radius 1 is 1.14 bits per heavy atom. The molecule has 1 aromatic carbocycles. The molecule has 3 aliphatic heterocycles. The standard InChI is InChI=1S/C40H56O10/c1-9-31(46-8)26(4)36-37(49-36)34-30(22-28-15-11-10-12-16-28)38(44)50-40(34,7)20-13-14-24(2)35-25(3)17-18-32(47-27(5)41)39(6,45)21-19-29(42)23-33(43)48-35/h10-18,20,25-26,29-32,34-37,42,45H,9,19,21-23H2,1-8H3/b18-17+,20-13+,24-14+/t25-,26+,29+,30?,31-,32-,34?,35?,36+,37+,39+,40?/m0/s1. The van der Waals surface area contributed by atoms with Crippen molar-refractivity contribution in [3.8, 4) is 0 Å². The zero-order chi connectivity index (χ0) is 36.8. The summed E-state index contributed by atoms with van der Waals surface area (Å²) in [5, 5.41) is 21.7. The summed E-state index contributed by atoms with van der Waals surface area (Å²) in [6.45, 7) is 12.6. The molecule has 276 valence electrons. The minimum atomic E-state index is -1.46. The highest BCUT2D eigenvalue weighted by molar-refractivity contribution is 5.77. The molecule has 0 aliphatic carbocycles. The second-order valence-corrected chi connectivity index (χ2v) is 14.7. The number of cyclic esters (lactones) is 2. The summed E-state index contributed by atoms with van der Waals surface area (Å²) in [4.78, 5) is 38.3. The fourth-order valence-corrected chi connectivity index (χ4v) is 7.61. The number of esters is 3. The first-order valence-electron chi connectivity index (χ1n) is 17.9. The van der Waals surface area contributed by atoms with E-state index in [1.807, 2.05) is 69.3 Å². The fourth-order valence-electron chi connectivity index (χ4n) is 7.61. The van der Waals surface area contributed by atoms with E-state index in [1.165, 1.54) is 6.92 Å². The lowest BCUT2D eigenvalue weighted by Crippen LogP contribution is -2.42. The largest absolute Gasteiger partial charge is 0.457 e. The van der Waals surface area contributed by atoms with Gasteiger partial charge in [0.05, 0.1) is 36.8 Å². The highest BCUT2D eigenvalue weighted by atomic mass is 16.6. The minimum absolute atomic E-state index is 0.0317. The summed E-state index contributed by atoms with van der Waals surface area (Å²) in [7, 11) is 1.71. The molecule has 2 N–H and O–H groups in total. The molecule has 50 heavy (non-hydrogen) atoms. The Labute approximate surface area is 296 Å². The van der Waals surface area contributed by atoms with Crippen molar-refractivity contribution in [3.05, 3.63) is 71.8 Å². The van der Waals surface area contributed by atoms with E-state index in [9.17, 15) is 24.6 Å². The fraction of sp³-hybridized carbons (Fsp3) is 0.625. The van der Waals surface area contributed by atoms with Gasteiger partial charge in [-0.05, 0) is 69.7 Å². The van der Waals surface area contributed by atoms with Crippen LogP contribution in [0.3, 0.4) is 0 Å². The van der Waals surface area contributed by atoms with E-state index in [0.717, 1.165) is 12.0 Å². The number of aliphatic hydroxyl groups excluding tert-OH is 1.